The van der Waals surface area contributed by atoms with E-state index in [4.69, 9.17) is 4.74 Å². The zero-order valence-electron chi connectivity index (χ0n) is 16.1. The van der Waals surface area contributed by atoms with Gasteiger partial charge in [0.25, 0.3) is 5.91 Å². The summed E-state index contributed by atoms with van der Waals surface area (Å²) in [5, 5.41) is 4.95. The van der Waals surface area contributed by atoms with Gasteiger partial charge < -0.3 is 10.1 Å². The van der Waals surface area contributed by atoms with E-state index in [-0.39, 0.29) is 11.9 Å². The first-order valence-corrected chi connectivity index (χ1v) is 10.2. The summed E-state index contributed by atoms with van der Waals surface area (Å²) in [7, 11) is 0. The largest absolute Gasteiger partial charge is 0.494 e. The molecule has 0 saturated heterocycles. The van der Waals surface area contributed by atoms with Crippen molar-refractivity contribution in [2.45, 2.75) is 26.3 Å². The molecule has 3 nitrogen and oxygen atoms in total. The first-order valence-electron chi connectivity index (χ1n) is 9.32. The lowest BCUT2D eigenvalue weighted by Crippen LogP contribution is -2.33. The Kier molecular flexibility index (Phi) is 6.89. The molecule has 3 rings (SSSR count). The molecule has 0 bridgehead atoms. The minimum atomic E-state index is -0.0136. The van der Waals surface area contributed by atoms with E-state index in [2.05, 4.69) is 29.3 Å². The maximum Gasteiger partial charge on any atom is 0.261 e. The molecule has 1 atom stereocenters. The Morgan fingerprint density at radius 3 is 2.25 bits per heavy atom. The molecule has 0 aliphatic heterocycles. The van der Waals surface area contributed by atoms with E-state index < -0.39 is 0 Å². The summed E-state index contributed by atoms with van der Waals surface area (Å²) in [6.07, 6.45) is 0.781. The van der Waals surface area contributed by atoms with Gasteiger partial charge in [-0.3, -0.25) is 4.79 Å². The highest BCUT2D eigenvalue weighted by atomic mass is 32.1. The second-order valence-corrected chi connectivity index (χ2v) is 7.41. The van der Waals surface area contributed by atoms with Crippen LogP contribution in [0.25, 0.3) is 0 Å². The average molecular weight is 390 g/mol. The predicted molar refractivity (Wildman–Crippen MR) is 115 cm³/mol. The molecule has 142 valence electrons. The molecule has 1 N–H and O–H groups in total. The molecule has 0 aliphatic rings. The zero-order valence-corrected chi connectivity index (χ0v) is 16.9. The molecule has 0 saturated carbocycles. The third-order valence-electron chi connectivity index (χ3n) is 4.13. The van der Waals surface area contributed by atoms with E-state index in [1.807, 2.05) is 67.8 Å². The van der Waals surface area contributed by atoms with Crippen molar-refractivity contribution in [1.82, 2.24) is 5.32 Å². The molecule has 1 amide bonds. The smallest absolute Gasteiger partial charge is 0.261 e. The van der Waals surface area contributed by atoms with Gasteiger partial charge in [0.05, 0.1) is 11.5 Å². The van der Waals surface area contributed by atoms with E-state index in [0.29, 0.717) is 6.61 Å². The van der Waals surface area contributed by atoms with Crippen molar-refractivity contribution in [3.05, 3.63) is 87.6 Å². The lowest BCUT2D eigenvalue weighted by molar-refractivity contribution is 0.0944. The van der Waals surface area contributed by atoms with Crippen LogP contribution in [-0.4, -0.2) is 18.6 Å². The molecular weight excluding hydrogens is 366 g/mol. The summed E-state index contributed by atoms with van der Waals surface area (Å²) < 4.78 is 5.44. The predicted octanol–water partition coefficient (Wildman–Crippen LogP) is 4.91. The Hall–Kier alpha value is -3.03. The van der Waals surface area contributed by atoms with Gasteiger partial charge in [0.2, 0.25) is 0 Å². The van der Waals surface area contributed by atoms with Crippen LogP contribution in [0.4, 0.5) is 0 Å². The topological polar surface area (TPSA) is 38.3 Å². The van der Waals surface area contributed by atoms with Gasteiger partial charge in [0, 0.05) is 17.2 Å². The molecule has 4 heteroatoms. The molecule has 1 aromatic heterocycles. The minimum absolute atomic E-state index is 0.0136. The van der Waals surface area contributed by atoms with Gasteiger partial charge in [0.15, 0.2) is 0 Å². The van der Waals surface area contributed by atoms with E-state index in [1.165, 1.54) is 16.9 Å². The number of hydrogen-bond donors (Lipinski definition) is 1. The van der Waals surface area contributed by atoms with Crippen LogP contribution in [0.15, 0.2) is 66.0 Å². The number of carbonyl (C=O) groups excluding carboxylic acids is 1. The van der Waals surface area contributed by atoms with E-state index in [0.717, 1.165) is 28.2 Å². The van der Waals surface area contributed by atoms with Crippen LogP contribution < -0.4 is 10.1 Å². The summed E-state index contributed by atoms with van der Waals surface area (Å²) in [6, 6.07) is 19.7. The third-order valence-corrected chi connectivity index (χ3v) is 5.00. The minimum Gasteiger partial charge on any atom is -0.494 e. The molecule has 3 aromatic rings. The van der Waals surface area contributed by atoms with Crippen molar-refractivity contribution in [3.63, 3.8) is 0 Å². The summed E-state index contributed by atoms with van der Waals surface area (Å²) in [6.45, 7) is 4.65. The van der Waals surface area contributed by atoms with Gasteiger partial charge in [-0.15, -0.1) is 11.3 Å². The molecule has 2 aromatic carbocycles. The van der Waals surface area contributed by atoms with Crippen LogP contribution in [0.2, 0.25) is 0 Å². The maximum absolute atomic E-state index is 12.1. The maximum atomic E-state index is 12.1. The number of nitrogens with one attached hydrogen (secondary N) is 1. The number of amides is 1. The van der Waals surface area contributed by atoms with Crippen LogP contribution in [0.5, 0.6) is 5.75 Å². The van der Waals surface area contributed by atoms with Crippen LogP contribution in [0, 0.1) is 11.8 Å². The molecule has 1 unspecified atom stereocenters. The van der Waals surface area contributed by atoms with E-state index in [1.54, 1.807) is 0 Å². The van der Waals surface area contributed by atoms with Crippen molar-refractivity contribution >= 4 is 17.2 Å². The highest BCUT2D eigenvalue weighted by Crippen LogP contribution is 2.12. The van der Waals surface area contributed by atoms with Gasteiger partial charge in [-0.2, -0.15) is 0 Å². The number of ether oxygens (including phenoxy) is 1. The van der Waals surface area contributed by atoms with Crippen molar-refractivity contribution in [2.24, 2.45) is 0 Å². The number of hydrogen-bond acceptors (Lipinski definition) is 3. The Morgan fingerprint density at radius 2 is 1.68 bits per heavy atom. The quantitative estimate of drug-likeness (QED) is 0.609. The van der Waals surface area contributed by atoms with Gasteiger partial charge in [-0.1, -0.05) is 30.0 Å². The third kappa shape index (κ3) is 5.73. The number of benzene rings is 2. The molecule has 0 aliphatic carbocycles. The summed E-state index contributed by atoms with van der Waals surface area (Å²) >= 11 is 1.45. The molecule has 0 fully saturated rings. The van der Waals surface area contributed by atoms with Gasteiger partial charge in [-0.05, 0) is 73.7 Å². The zero-order chi connectivity index (χ0) is 19.8. The van der Waals surface area contributed by atoms with Gasteiger partial charge in [0.1, 0.15) is 5.75 Å². The lowest BCUT2D eigenvalue weighted by atomic mass is 10.0. The highest BCUT2D eigenvalue weighted by Gasteiger charge is 2.10. The van der Waals surface area contributed by atoms with E-state index in [9.17, 15) is 4.79 Å². The van der Waals surface area contributed by atoms with Crippen LogP contribution in [-0.2, 0) is 6.42 Å². The fourth-order valence-corrected chi connectivity index (χ4v) is 3.40. The van der Waals surface area contributed by atoms with Crippen molar-refractivity contribution in [2.75, 3.05) is 6.61 Å². The second kappa shape index (κ2) is 9.77. The second-order valence-electron chi connectivity index (χ2n) is 6.46. The first kappa shape index (κ1) is 19.7. The van der Waals surface area contributed by atoms with Crippen LogP contribution in [0.3, 0.4) is 0 Å². The Balaban J connectivity index is 1.55. The molecular formula is C24H23NO2S. The van der Waals surface area contributed by atoms with E-state index >= 15 is 0 Å². The number of thiophene rings is 1. The summed E-state index contributed by atoms with van der Waals surface area (Å²) in [5.74, 6) is 7.20. The Morgan fingerprint density at radius 1 is 1.04 bits per heavy atom. The Bertz CT molecular complexity index is 949. The summed E-state index contributed by atoms with van der Waals surface area (Å²) in [5.41, 5.74) is 3.09. The number of carbonyl (C=O) groups is 1. The molecule has 1 heterocycles. The van der Waals surface area contributed by atoms with Crippen LogP contribution >= 0.6 is 11.3 Å². The standard InChI is InChI=1S/C24H23NO2S/c1-3-27-22-14-12-20(13-15-22)7-6-19-8-10-21(11-9-19)17-18(2)25-24(26)23-5-4-16-28-23/h4-5,8-16,18H,3,17H2,1-2H3,(H,25,26). The normalized spacial score (nSPS) is 11.2. The monoisotopic (exact) mass is 389 g/mol. The number of rotatable bonds is 6. The SMILES string of the molecule is CCOc1ccc(C#Cc2ccc(CC(C)NC(=O)c3cccs3)cc2)cc1. The molecule has 0 spiro atoms. The van der Waals surface area contributed by atoms with Crippen molar-refractivity contribution in [3.8, 4) is 17.6 Å². The summed E-state index contributed by atoms with van der Waals surface area (Å²) in [4.78, 5) is 12.9. The molecule has 0 radical (unpaired) electrons. The lowest BCUT2D eigenvalue weighted by Gasteiger charge is -2.13. The van der Waals surface area contributed by atoms with Crippen molar-refractivity contribution < 1.29 is 9.53 Å². The van der Waals surface area contributed by atoms with Gasteiger partial charge in [-0.25, -0.2) is 0 Å². The fraction of sp³-hybridized carbons (Fsp3) is 0.208. The highest BCUT2D eigenvalue weighted by molar-refractivity contribution is 7.12. The average Bonchev–Trinajstić information content (AvgIpc) is 3.24. The fourth-order valence-electron chi connectivity index (χ4n) is 2.78. The first-order chi connectivity index (χ1) is 13.6. The van der Waals surface area contributed by atoms with Crippen molar-refractivity contribution in [1.29, 1.82) is 0 Å². The van der Waals surface area contributed by atoms with Crippen LogP contribution in [0.1, 0.15) is 40.2 Å². The molecule has 28 heavy (non-hydrogen) atoms. The van der Waals surface area contributed by atoms with Gasteiger partial charge >= 0.3 is 0 Å². The Labute approximate surface area is 170 Å².